The van der Waals surface area contributed by atoms with E-state index in [1.54, 1.807) is 4.90 Å². The third-order valence-corrected chi connectivity index (χ3v) is 3.45. The first kappa shape index (κ1) is 14.1. The van der Waals surface area contributed by atoms with E-state index in [1.807, 2.05) is 6.92 Å². The van der Waals surface area contributed by atoms with Crippen molar-refractivity contribution in [2.24, 2.45) is 0 Å². The maximum absolute atomic E-state index is 14.3. The lowest BCUT2D eigenvalue weighted by atomic mass is 10.2. The molecule has 0 amide bonds. The van der Waals surface area contributed by atoms with Crippen molar-refractivity contribution in [2.45, 2.75) is 32.2 Å². The van der Waals surface area contributed by atoms with Gasteiger partial charge in [-0.2, -0.15) is 0 Å². The Labute approximate surface area is 112 Å². The number of nitrogens with one attached hydrogen (secondary N) is 1. The summed E-state index contributed by atoms with van der Waals surface area (Å²) in [5.41, 5.74) is 0.423. The van der Waals surface area contributed by atoms with Crippen molar-refractivity contribution < 1.29 is 9.50 Å². The number of nitrogens with zero attached hydrogens (tertiary/aromatic N) is 3. The summed E-state index contributed by atoms with van der Waals surface area (Å²) in [6.45, 7) is 3.90. The molecule has 0 aliphatic carbocycles. The average Bonchev–Trinajstić information content (AvgIpc) is 2.91. The molecule has 6 heteroatoms. The van der Waals surface area contributed by atoms with E-state index in [-0.39, 0.29) is 12.4 Å². The summed E-state index contributed by atoms with van der Waals surface area (Å²) in [6, 6.07) is 0.339. The van der Waals surface area contributed by atoms with Gasteiger partial charge in [-0.05, 0) is 25.8 Å². The van der Waals surface area contributed by atoms with Crippen molar-refractivity contribution in [3.05, 3.63) is 17.8 Å². The highest BCUT2D eigenvalue weighted by Crippen LogP contribution is 2.19. The summed E-state index contributed by atoms with van der Waals surface area (Å²) in [5, 5.41) is 12.5. The first-order valence-corrected chi connectivity index (χ1v) is 6.84. The molecule has 2 N–H and O–H groups in total. The molecule has 1 aliphatic rings. The number of hydrogen-bond donors (Lipinski definition) is 2. The number of aryl methyl sites for hydroxylation is 1. The fourth-order valence-corrected chi connectivity index (χ4v) is 2.45. The third kappa shape index (κ3) is 3.39. The Morgan fingerprint density at radius 1 is 1.53 bits per heavy atom. The van der Waals surface area contributed by atoms with Gasteiger partial charge < -0.3 is 15.3 Å². The minimum absolute atomic E-state index is 0.0162. The molecule has 0 radical (unpaired) electrons. The molecule has 106 valence electrons. The van der Waals surface area contributed by atoms with Crippen LogP contribution in [-0.2, 0) is 6.42 Å². The second-order valence-corrected chi connectivity index (χ2v) is 4.77. The molecule has 2 rings (SSSR count). The highest BCUT2D eigenvalue weighted by molar-refractivity contribution is 5.41. The van der Waals surface area contributed by atoms with Gasteiger partial charge in [-0.15, -0.1) is 0 Å². The van der Waals surface area contributed by atoms with E-state index in [0.29, 0.717) is 37.1 Å². The van der Waals surface area contributed by atoms with E-state index in [9.17, 15) is 4.39 Å². The number of aromatic nitrogens is 2. The van der Waals surface area contributed by atoms with E-state index in [2.05, 4.69) is 15.3 Å². The van der Waals surface area contributed by atoms with Crippen LogP contribution in [0.1, 0.15) is 25.5 Å². The summed E-state index contributed by atoms with van der Waals surface area (Å²) in [4.78, 5) is 9.79. The van der Waals surface area contributed by atoms with E-state index in [0.717, 1.165) is 19.4 Å². The van der Waals surface area contributed by atoms with Crippen molar-refractivity contribution >= 4 is 5.82 Å². The van der Waals surface area contributed by atoms with Crippen molar-refractivity contribution in [1.82, 2.24) is 15.3 Å². The molecule has 1 aromatic heterocycles. The van der Waals surface area contributed by atoms with E-state index >= 15 is 0 Å². The molecule has 1 saturated heterocycles. The second kappa shape index (κ2) is 6.77. The highest BCUT2D eigenvalue weighted by atomic mass is 19.1. The number of aliphatic hydroxyl groups excluding tert-OH is 1. The zero-order valence-corrected chi connectivity index (χ0v) is 11.3. The Morgan fingerprint density at radius 2 is 2.37 bits per heavy atom. The summed E-state index contributed by atoms with van der Waals surface area (Å²) in [6.07, 6.45) is 4.15. The van der Waals surface area contributed by atoms with Gasteiger partial charge in [-0.25, -0.2) is 14.4 Å². The first-order valence-electron chi connectivity index (χ1n) is 6.84. The van der Waals surface area contributed by atoms with Gasteiger partial charge in [0.15, 0.2) is 11.6 Å². The molecule has 0 spiro atoms. The number of hydrogen-bond acceptors (Lipinski definition) is 5. The van der Waals surface area contributed by atoms with Crippen LogP contribution < -0.4 is 10.2 Å². The van der Waals surface area contributed by atoms with Gasteiger partial charge in [0.25, 0.3) is 0 Å². The minimum atomic E-state index is -0.364. The van der Waals surface area contributed by atoms with Gasteiger partial charge in [0.05, 0.1) is 12.3 Å². The molecule has 0 aromatic carbocycles. The van der Waals surface area contributed by atoms with Gasteiger partial charge in [0.1, 0.15) is 6.33 Å². The molecule has 1 aliphatic heterocycles. The predicted octanol–water partition coefficient (Wildman–Crippen LogP) is 0.729. The lowest BCUT2D eigenvalue weighted by molar-refractivity contribution is 0.299. The molecule has 5 nitrogen and oxygen atoms in total. The summed E-state index contributed by atoms with van der Waals surface area (Å²) in [7, 11) is 0. The Morgan fingerprint density at radius 3 is 3.00 bits per heavy atom. The van der Waals surface area contributed by atoms with E-state index in [4.69, 9.17) is 5.11 Å². The number of anilines is 1. The maximum atomic E-state index is 14.3. The van der Waals surface area contributed by atoms with Crippen LogP contribution in [0.4, 0.5) is 10.2 Å². The van der Waals surface area contributed by atoms with E-state index < -0.39 is 0 Å². The standard InChI is InChI=1S/C13H21FN4O/c1-2-11-12(14)13(17-9-16-11)18(6-7-19)8-10-4-3-5-15-10/h9-10,15,19H,2-8H2,1H3. The van der Waals surface area contributed by atoms with Crippen LogP contribution in [0.5, 0.6) is 0 Å². The topological polar surface area (TPSA) is 61.3 Å². The molecule has 2 heterocycles. The van der Waals surface area contributed by atoms with Crippen LogP contribution >= 0.6 is 0 Å². The number of rotatable bonds is 6. The van der Waals surface area contributed by atoms with Gasteiger partial charge in [0, 0.05) is 19.1 Å². The summed E-state index contributed by atoms with van der Waals surface area (Å²) >= 11 is 0. The van der Waals surface area contributed by atoms with Crippen LogP contribution in [-0.4, -0.2) is 47.4 Å². The molecule has 1 aromatic rings. The Bertz CT molecular complexity index is 410. The minimum Gasteiger partial charge on any atom is -0.395 e. The molecule has 19 heavy (non-hydrogen) atoms. The van der Waals surface area contributed by atoms with Crippen LogP contribution in [0.15, 0.2) is 6.33 Å². The number of halogens is 1. The molecule has 1 fully saturated rings. The van der Waals surface area contributed by atoms with Crippen LogP contribution in [0, 0.1) is 5.82 Å². The highest BCUT2D eigenvalue weighted by Gasteiger charge is 2.22. The average molecular weight is 268 g/mol. The predicted molar refractivity (Wildman–Crippen MR) is 71.7 cm³/mol. The zero-order chi connectivity index (χ0) is 13.7. The molecule has 0 bridgehead atoms. The summed E-state index contributed by atoms with van der Waals surface area (Å²) < 4.78 is 14.3. The van der Waals surface area contributed by atoms with Gasteiger partial charge in [-0.1, -0.05) is 6.92 Å². The molecule has 1 unspecified atom stereocenters. The van der Waals surface area contributed by atoms with E-state index in [1.165, 1.54) is 6.33 Å². The van der Waals surface area contributed by atoms with Crippen LogP contribution in [0.25, 0.3) is 0 Å². The molecular formula is C13H21FN4O. The van der Waals surface area contributed by atoms with Gasteiger partial charge >= 0.3 is 0 Å². The largest absolute Gasteiger partial charge is 0.395 e. The normalized spacial score (nSPS) is 18.8. The van der Waals surface area contributed by atoms with Crippen LogP contribution in [0.2, 0.25) is 0 Å². The maximum Gasteiger partial charge on any atom is 0.187 e. The van der Waals surface area contributed by atoms with Crippen LogP contribution in [0.3, 0.4) is 0 Å². The fourth-order valence-electron chi connectivity index (χ4n) is 2.45. The van der Waals surface area contributed by atoms with Crippen molar-refractivity contribution in [3.8, 4) is 0 Å². The van der Waals surface area contributed by atoms with Crippen molar-refractivity contribution in [2.75, 3.05) is 31.1 Å². The Balaban J connectivity index is 2.17. The molecular weight excluding hydrogens is 247 g/mol. The summed E-state index contributed by atoms with van der Waals surface area (Å²) in [5.74, 6) is -0.0638. The van der Waals surface area contributed by atoms with Gasteiger partial charge in [0.2, 0.25) is 0 Å². The number of aliphatic hydroxyl groups is 1. The monoisotopic (exact) mass is 268 g/mol. The third-order valence-electron chi connectivity index (χ3n) is 3.45. The molecule has 1 atom stereocenters. The van der Waals surface area contributed by atoms with Crippen molar-refractivity contribution in [3.63, 3.8) is 0 Å². The van der Waals surface area contributed by atoms with Gasteiger partial charge in [-0.3, -0.25) is 0 Å². The lowest BCUT2D eigenvalue weighted by Crippen LogP contribution is -2.40. The first-order chi connectivity index (χ1) is 9.26. The quantitative estimate of drug-likeness (QED) is 0.796. The molecule has 0 saturated carbocycles. The van der Waals surface area contributed by atoms with Crippen molar-refractivity contribution in [1.29, 1.82) is 0 Å². The second-order valence-electron chi connectivity index (χ2n) is 4.77. The smallest absolute Gasteiger partial charge is 0.187 e. The Hall–Kier alpha value is -1.27. The fraction of sp³-hybridized carbons (Fsp3) is 0.692. The zero-order valence-electron chi connectivity index (χ0n) is 11.3. The lowest BCUT2D eigenvalue weighted by Gasteiger charge is -2.26. The SMILES string of the molecule is CCc1ncnc(N(CCO)CC2CCCN2)c1F. The Kier molecular flexibility index (Phi) is 5.04.